The van der Waals surface area contributed by atoms with Crippen LogP contribution < -0.4 is 0 Å². The lowest BCUT2D eigenvalue weighted by Gasteiger charge is -2.04. The number of isothiocyanates is 1. The first kappa shape index (κ1) is 7.86. The molecule has 3 heteroatoms. The number of hydrogen-bond donors (Lipinski definition) is 0. The van der Waals surface area contributed by atoms with Gasteiger partial charge in [-0.1, -0.05) is 0 Å². The second-order valence-corrected chi connectivity index (χ2v) is 2.58. The number of rotatable bonds is 3. The topological polar surface area (TPSA) is 21.6 Å². The Labute approximate surface area is 66.3 Å². The van der Waals surface area contributed by atoms with Crippen LogP contribution in [0.1, 0.15) is 19.3 Å². The molecule has 0 aromatic rings. The van der Waals surface area contributed by atoms with Gasteiger partial charge in [0.25, 0.3) is 0 Å². The summed E-state index contributed by atoms with van der Waals surface area (Å²) in [5, 5.41) is 2.34. The number of thiocarbonyl (C=S) groups is 1. The van der Waals surface area contributed by atoms with Crippen molar-refractivity contribution in [3.63, 3.8) is 0 Å². The standard InChI is InChI=1S/C7H11NOS/c10-6-8-4-3-7-2-1-5-9-7/h7H,1-5H2/t7-/m0/s1. The van der Waals surface area contributed by atoms with Gasteiger partial charge in [-0.15, -0.1) is 0 Å². The Hall–Kier alpha value is -0.240. The molecule has 2 nitrogen and oxygen atoms in total. The average molecular weight is 157 g/mol. The summed E-state index contributed by atoms with van der Waals surface area (Å²) in [5.41, 5.74) is 0. The van der Waals surface area contributed by atoms with Crippen LogP contribution in [0.3, 0.4) is 0 Å². The van der Waals surface area contributed by atoms with Gasteiger partial charge in [0.1, 0.15) is 0 Å². The van der Waals surface area contributed by atoms with Gasteiger partial charge >= 0.3 is 0 Å². The predicted octanol–water partition coefficient (Wildman–Crippen LogP) is 1.66. The zero-order valence-electron chi connectivity index (χ0n) is 5.88. The molecule has 1 atom stereocenters. The molecule has 0 N–H and O–H groups in total. The summed E-state index contributed by atoms with van der Waals surface area (Å²) in [7, 11) is 0. The fourth-order valence-electron chi connectivity index (χ4n) is 1.13. The second kappa shape index (κ2) is 4.56. The van der Waals surface area contributed by atoms with Crippen LogP contribution in [0, 0.1) is 0 Å². The van der Waals surface area contributed by atoms with Crippen molar-refractivity contribution in [3.05, 3.63) is 0 Å². The molecule has 1 aliphatic rings. The van der Waals surface area contributed by atoms with Crippen LogP contribution in [0.5, 0.6) is 0 Å². The van der Waals surface area contributed by atoms with Crippen LogP contribution in [0.15, 0.2) is 4.99 Å². The predicted molar refractivity (Wildman–Crippen MR) is 43.5 cm³/mol. The Morgan fingerprint density at radius 1 is 1.70 bits per heavy atom. The van der Waals surface area contributed by atoms with Crippen molar-refractivity contribution in [2.75, 3.05) is 13.2 Å². The normalized spacial score (nSPS) is 24.2. The van der Waals surface area contributed by atoms with E-state index < -0.39 is 0 Å². The number of nitrogens with zero attached hydrogens (tertiary/aromatic N) is 1. The molecular weight excluding hydrogens is 146 g/mol. The molecule has 0 aliphatic carbocycles. The van der Waals surface area contributed by atoms with E-state index in [1.807, 2.05) is 0 Å². The Morgan fingerprint density at radius 3 is 3.20 bits per heavy atom. The van der Waals surface area contributed by atoms with Crippen LogP contribution in [-0.4, -0.2) is 24.4 Å². The number of aliphatic imine (C=N–C) groups is 1. The summed E-state index contributed by atoms with van der Waals surface area (Å²) >= 11 is 4.43. The molecule has 1 fully saturated rings. The minimum atomic E-state index is 0.437. The molecule has 1 heterocycles. The van der Waals surface area contributed by atoms with Gasteiger partial charge in [0, 0.05) is 6.61 Å². The van der Waals surface area contributed by atoms with E-state index in [0.29, 0.717) is 6.10 Å². The lowest BCUT2D eigenvalue weighted by atomic mass is 10.2. The molecule has 10 heavy (non-hydrogen) atoms. The molecule has 1 rings (SSSR count). The molecule has 0 amide bonds. The molecule has 1 saturated heterocycles. The highest BCUT2D eigenvalue weighted by Crippen LogP contribution is 2.14. The van der Waals surface area contributed by atoms with Crippen molar-refractivity contribution in [1.29, 1.82) is 0 Å². The quantitative estimate of drug-likeness (QED) is 0.459. The third-order valence-electron chi connectivity index (χ3n) is 1.65. The van der Waals surface area contributed by atoms with Crippen molar-refractivity contribution >= 4 is 17.4 Å². The first-order valence-electron chi connectivity index (χ1n) is 3.58. The van der Waals surface area contributed by atoms with Crippen molar-refractivity contribution in [2.45, 2.75) is 25.4 Å². The summed E-state index contributed by atoms with van der Waals surface area (Å²) in [6.07, 6.45) is 3.83. The highest BCUT2D eigenvalue weighted by Gasteiger charge is 2.13. The lowest BCUT2D eigenvalue weighted by molar-refractivity contribution is 0.106. The molecule has 0 aromatic heterocycles. The third-order valence-corrected chi connectivity index (χ3v) is 1.78. The SMILES string of the molecule is S=C=NCC[C@@H]1CCCO1. The van der Waals surface area contributed by atoms with E-state index >= 15 is 0 Å². The van der Waals surface area contributed by atoms with E-state index in [2.05, 4.69) is 22.4 Å². The largest absolute Gasteiger partial charge is 0.378 e. The van der Waals surface area contributed by atoms with Crippen LogP contribution in [0.4, 0.5) is 0 Å². The highest BCUT2D eigenvalue weighted by atomic mass is 32.1. The number of hydrogen-bond acceptors (Lipinski definition) is 3. The Kier molecular flexibility index (Phi) is 3.58. The minimum absolute atomic E-state index is 0.437. The van der Waals surface area contributed by atoms with Gasteiger partial charge in [0.15, 0.2) is 0 Å². The first-order valence-corrected chi connectivity index (χ1v) is 3.99. The summed E-state index contributed by atoms with van der Waals surface area (Å²) < 4.78 is 5.38. The molecule has 1 aliphatic heterocycles. The minimum Gasteiger partial charge on any atom is -0.378 e. The molecule has 0 unspecified atom stereocenters. The first-order chi connectivity index (χ1) is 4.93. The molecular formula is C7H11NOS. The van der Waals surface area contributed by atoms with Crippen molar-refractivity contribution in [2.24, 2.45) is 4.99 Å². The summed E-state index contributed by atoms with van der Waals surface area (Å²) in [6, 6.07) is 0. The van der Waals surface area contributed by atoms with Crippen LogP contribution >= 0.6 is 12.2 Å². The smallest absolute Gasteiger partial charge is 0.0593 e. The molecule has 56 valence electrons. The average Bonchev–Trinajstić information content (AvgIpc) is 2.41. The molecule has 0 saturated carbocycles. The molecule has 0 spiro atoms. The maximum atomic E-state index is 5.38. The molecule has 0 aromatic carbocycles. The van der Waals surface area contributed by atoms with E-state index in [4.69, 9.17) is 4.74 Å². The fraction of sp³-hybridized carbons (Fsp3) is 0.857. The fourth-order valence-corrected chi connectivity index (χ4v) is 1.22. The highest BCUT2D eigenvalue weighted by molar-refractivity contribution is 7.78. The van der Waals surface area contributed by atoms with E-state index in [1.54, 1.807) is 0 Å². The monoisotopic (exact) mass is 157 g/mol. The van der Waals surface area contributed by atoms with Gasteiger partial charge in [0.2, 0.25) is 0 Å². The summed E-state index contributed by atoms with van der Waals surface area (Å²) in [5.74, 6) is 0. The van der Waals surface area contributed by atoms with E-state index in [9.17, 15) is 0 Å². The van der Waals surface area contributed by atoms with E-state index in [-0.39, 0.29) is 0 Å². The lowest BCUT2D eigenvalue weighted by Crippen LogP contribution is -2.05. The van der Waals surface area contributed by atoms with Gasteiger partial charge in [-0.2, -0.15) is 0 Å². The zero-order chi connectivity index (χ0) is 7.23. The van der Waals surface area contributed by atoms with E-state index in [0.717, 1.165) is 19.6 Å². The van der Waals surface area contributed by atoms with Crippen molar-refractivity contribution in [1.82, 2.24) is 0 Å². The molecule has 0 bridgehead atoms. The zero-order valence-corrected chi connectivity index (χ0v) is 6.69. The van der Waals surface area contributed by atoms with Crippen molar-refractivity contribution in [3.8, 4) is 0 Å². The summed E-state index contributed by atoms with van der Waals surface area (Å²) in [4.78, 5) is 3.82. The van der Waals surface area contributed by atoms with Gasteiger partial charge in [0.05, 0.1) is 17.8 Å². The van der Waals surface area contributed by atoms with Gasteiger partial charge in [-0.3, -0.25) is 0 Å². The van der Waals surface area contributed by atoms with Crippen LogP contribution in [0.25, 0.3) is 0 Å². The van der Waals surface area contributed by atoms with Crippen molar-refractivity contribution < 1.29 is 4.74 Å². The maximum absolute atomic E-state index is 5.38. The van der Waals surface area contributed by atoms with Crippen LogP contribution in [-0.2, 0) is 4.74 Å². The maximum Gasteiger partial charge on any atom is 0.0593 e. The van der Waals surface area contributed by atoms with E-state index in [1.165, 1.54) is 12.8 Å². The van der Waals surface area contributed by atoms with Gasteiger partial charge in [-0.25, -0.2) is 4.99 Å². The third kappa shape index (κ3) is 2.56. The molecule has 0 radical (unpaired) electrons. The Morgan fingerprint density at radius 2 is 2.60 bits per heavy atom. The Balaban J connectivity index is 2.06. The van der Waals surface area contributed by atoms with Gasteiger partial charge in [-0.05, 0) is 31.5 Å². The Bertz CT molecular complexity index is 137. The second-order valence-electron chi connectivity index (χ2n) is 2.40. The van der Waals surface area contributed by atoms with Gasteiger partial charge < -0.3 is 4.74 Å². The van der Waals surface area contributed by atoms with Crippen LogP contribution in [0.2, 0.25) is 0 Å². The number of ether oxygens (including phenoxy) is 1. The summed E-state index contributed by atoms with van der Waals surface area (Å²) in [6.45, 7) is 1.69.